The van der Waals surface area contributed by atoms with Gasteiger partial charge < -0.3 is 4.90 Å². The van der Waals surface area contributed by atoms with Crippen molar-refractivity contribution in [3.8, 4) is 0 Å². The van der Waals surface area contributed by atoms with E-state index in [0.717, 1.165) is 12.0 Å². The summed E-state index contributed by atoms with van der Waals surface area (Å²) in [4.78, 5) is 40.8. The van der Waals surface area contributed by atoms with Gasteiger partial charge in [0.2, 0.25) is 17.7 Å². The van der Waals surface area contributed by atoms with Gasteiger partial charge in [-0.3, -0.25) is 19.3 Å². The van der Waals surface area contributed by atoms with Crippen LogP contribution in [0.5, 0.6) is 0 Å². The molecule has 3 amide bonds. The van der Waals surface area contributed by atoms with Crippen LogP contribution in [0.1, 0.15) is 24.9 Å². The fourth-order valence-corrected chi connectivity index (χ4v) is 4.54. The molecule has 0 aromatic heterocycles. The summed E-state index contributed by atoms with van der Waals surface area (Å²) in [6, 6.07) is 9.62. The number of allylic oxidation sites excluding steroid dienone is 2. The molecule has 4 rings (SSSR count). The molecule has 1 aromatic carbocycles. The van der Waals surface area contributed by atoms with Crippen LogP contribution in [0.15, 0.2) is 42.5 Å². The molecule has 1 saturated carbocycles. The van der Waals surface area contributed by atoms with Gasteiger partial charge in [-0.15, -0.1) is 0 Å². The molecule has 0 N–H and O–H groups in total. The van der Waals surface area contributed by atoms with Crippen molar-refractivity contribution in [2.45, 2.75) is 19.4 Å². The molecular weight excluding hydrogens is 316 g/mol. The van der Waals surface area contributed by atoms with Crippen molar-refractivity contribution < 1.29 is 14.4 Å². The molecule has 1 saturated heterocycles. The zero-order valence-electron chi connectivity index (χ0n) is 14.5. The average molecular weight is 338 g/mol. The zero-order valence-corrected chi connectivity index (χ0v) is 14.5. The number of carbonyl (C=O) groups is 3. The summed E-state index contributed by atoms with van der Waals surface area (Å²) in [5.74, 6) is -0.681. The van der Waals surface area contributed by atoms with Crippen LogP contribution in [0.4, 0.5) is 0 Å². The monoisotopic (exact) mass is 338 g/mol. The number of benzene rings is 1. The molecule has 25 heavy (non-hydrogen) atoms. The van der Waals surface area contributed by atoms with Crippen LogP contribution in [0.25, 0.3) is 0 Å². The van der Waals surface area contributed by atoms with Crippen molar-refractivity contribution in [3.63, 3.8) is 0 Å². The quantitative estimate of drug-likeness (QED) is 0.623. The molecule has 0 radical (unpaired) electrons. The smallest absolute Gasteiger partial charge is 0.242 e. The number of amides is 3. The number of nitrogens with zero attached hydrogens (tertiary/aromatic N) is 2. The molecule has 5 heteroatoms. The Morgan fingerprint density at radius 1 is 1.12 bits per heavy atom. The Morgan fingerprint density at radius 2 is 1.68 bits per heavy atom. The fraction of sp³-hybridized carbons (Fsp3) is 0.450. The van der Waals surface area contributed by atoms with Crippen LogP contribution in [0.2, 0.25) is 0 Å². The van der Waals surface area contributed by atoms with Gasteiger partial charge in [-0.25, -0.2) is 0 Å². The second kappa shape index (κ2) is 5.83. The second-order valence-corrected chi connectivity index (χ2v) is 7.35. The van der Waals surface area contributed by atoms with Gasteiger partial charge >= 0.3 is 0 Å². The lowest BCUT2D eigenvalue weighted by atomic mass is 9.85. The Morgan fingerprint density at radius 3 is 2.24 bits per heavy atom. The Balaban J connectivity index is 1.46. The van der Waals surface area contributed by atoms with E-state index in [-0.39, 0.29) is 54.0 Å². The Hall–Kier alpha value is -2.43. The normalized spacial score (nSPS) is 30.7. The lowest BCUT2D eigenvalue weighted by molar-refractivity contribution is -0.147. The molecule has 2 bridgehead atoms. The molecular formula is C20H22N2O3. The molecule has 3 aliphatic rings. The van der Waals surface area contributed by atoms with Crippen LogP contribution in [0, 0.1) is 23.7 Å². The van der Waals surface area contributed by atoms with E-state index >= 15 is 0 Å². The molecule has 5 unspecified atom stereocenters. The molecule has 2 aliphatic carbocycles. The predicted octanol–water partition coefficient (Wildman–Crippen LogP) is 2.01. The minimum absolute atomic E-state index is 0.112. The first-order valence-electron chi connectivity index (χ1n) is 8.83. The van der Waals surface area contributed by atoms with E-state index in [1.807, 2.05) is 37.3 Å². The van der Waals surface area contributed by atoms with Crippen LogP contribution in [-0.4, -0.2) is 41.1 Å². The number of likely N-dealkylation sites (tertiary alicyclic amines) is 1. The van der Waals surface area contributed by atoms with Gasteiger partial charge in [0.05, 0.1) is 17.9 Å². The van der Waals surface area contributed by atoms with Gasteiger partial charge in [0.15, 0.2) is 0 Å². The maximum Gasteiger partial charge on any atom is 0.242 e. The van der Waals surface area contributed by atoms with E-state index in [1.165, 1.54) is 4.90 Å². The molecule has 1 aliphatic heterocycles. The highest BCUT2D eigenvalue weighted by atomic mass is 16.2. The lowest BCUT2D eigenvalue weighted by Crippen LogP contribution is -2.43. The van der Waals surface area contributed by atoms with Crippen LogP contribution in [-0.2, 0) is 14.4 Å². The van der Waals surface area contributed by atoms with E-state index < -0.39 is 0 Å². The summed E-state index contributed by atoms with van der Waals surface area (Å²) >= 11 is 0. The summed E-state index contributed by atoms with van der Waals surface area (Å²) in [6.07, 6.45) is 5.03. The second-order valence-electron chi connectivity index (χ2n) is 7.35. The van der Waals surface area contributed by atoms with E-state index in [0.29, 0.717) is 0 Å². The molecule has 1 aromatic rings. The van der Waals surface area contributed by atoms with Gasteiger partial charge in [0.25, 0.3) is 0 Å². The van der Waals surface area contributed by atoms with E-state index in [2.05, 4.69) is 12.2 Å². The Bertz CT molecular complexity index is 727. The first kappa shape index (κ1) is 16.1. The highest BCUT2D eigenvalue weighted by molar-refractivity contribution is 6.08. The van der Waals surface area contributed by atoms with Gasteiger partial charge in [0.1, 0.15) is 6.54 Å². The van der Waals surface area contributed by atoms with Gasteiger partial charge in [0, 0.05) is 7.05 Å². The Labute approximate surface area is 147 Å². The fourth-order valence-electron chi connectivity index (χ4n) is 4.54. The van der Waals surface area contributed by atoms with Gasteiger partial charge in [-0.1, -0.05) is 42.5 Å². The maximum atomic E-state index is 12.7. The molecule has 130 valence electrons. The lowest BCUT2D eigenvalue weighted by Gasteiger charge is -2.27. The van der Waals surface area contributed by atoms with Crippen LogP contribution < -0.4 is 0 Å². The van der Waals surface area contributed by atoms with Crippen molar-refractivity contribution in [2.75, 3.05) is 13.6 Å². The van der Waals surface area contributed by atoms with E-state index in [1.54, 1.807) is 11.9 Å². The van der Waals surface area contributed by atoms with Crippen molar-refractivity contribution in [3.05, 3.63) is 48.0 Å². The number of imide groups is 1. The summed E-state index contributed by atoms with van der Waals surface area (Å²) in [7, 11) is 1.72. The third-order valence-electron chi connectivity index (χ3n) is 6.11. The number of fused-ring (bicyclic) bond motifs is 5. The van der Waals surface area contributed by atoms with E-state index in [9.17, 15) is 14.4 Å². The van der Waals surface area contributed by atoms with Crippen LogP contribution in [0.3, 0.4) is 0 Å². The molecule has 1 heterocycles. The van der Waals surface area contributed by atoms with E-state index in [4.69, 9.17) is 0 Å². The third-order valence-corrected chi connectivity index (χ3v) is 6.11. The molecule has 0 spiro atoms. The summed E-state index contributed by atoms with van der Waals surface area (Å²) in [5, 5.41) is 0. The minimum atomic E-state index is -0.243. The van der Waals surface area contributed by atoms with Crippen molar-refractivity contribution in [1.82, 2.24) is 9.80 Å². The minimum Gasteiger partial charge on any atom is -0.337 e. The number of hydrogen-bond donors (Lipinski definition) is 0. The summed E-state index contributed by atoms with van der Waals surface area (Å²) in [6.45, 7) is 1.79. The zero-order chi connectivity index (χ0) is 17.7. The van der Waals surface area contributed by atoms with Crippen LogP contribution >= 0.6 is 0 Å². The topological polar surface area (TPSA) is 57.7 Å². The van der Waals surface area contributed by atoms with Crippen molar-refractivity contribution in [2.24, 2.45) is 23.7 Å². The third kappa shape index (κ3) is 2.41. The van der Waals surface area contributed by atoms with Crippen molar-refractivity contribution in [1.29, 1.82) is 0 Å². The first-order valence-corrected chi connectivity index (χ1v) is 8.83. The standard InChI is InChI=1S/C20H22N2O3/c1-12(13-6-4-3-5-7-13)21(2)16(23)11-22-19(24)17-14-8-9-15(10-14)18(17)20(22)25/h3-9,12,14-15,17-18H,10-11H2,1-2H3. The number of carbonyl (C=O) groups excluding carboxylic acids is 3. The number of hydrogen-bond acceptors (Lipinski definition) is 3. The first-order chi connectivity index (χ1) is 12.0. The molecule has 5 nitrogen and oxygen atoms in total. The molecule has 2 fully saturated rings. The highest BCUT2D eigenvalue weighted by Crippen LogP contribution is 2.52. The number of rotatable bonds is 4. The summed E-state index contributed by atoms with van der Waals surface area (Å²) < 4.78 is 0. The predicted molar refractivity (Wildman–Crippen MR) is 92.1 cm³/mol. The SMILES string of the molecule is CC(c1ccccc1)N(C)C(=O)CN1C(=O)C2C3C=CC(C3)C2C1=O. The average Bonchev–Trinajstić information content (AvgIpc) is 3.31. The maximum absolute atomic E-state index is 12.7. The highest BCUT2D eigenvalue weighted by Gasteiger charge is 2.59. The van der Waals surface area contributed by atoms with Gasteiger partial charge in [-0.2, -0.15) is 0 Å². The van der Waals surface area contributed by atoms with Crippen molar-refractivity contribution >= 4 is 17.7 Å². The largest absolute Gasteiger partial charge is 0.337 e. The Kier molecular flexibility index (Phi) is 3.74. The number of likely N-dealkylation sites (N-methyl/N-ethyl adjacent to an activating group) is 1. The summed E-state index contributed by atoms with van der Waals surface area (Å²) in [5.41, 5.74) is 1.02. The molecule has 5 atom stereocenters. The van der Waals surface area contributed by atoms with Gasteiger partial charge in [-0.05, 0) is 30.7 Å².